The predicted molar refractivity (Wildman–Crippen MR) is 96.4 cm³/mol. The molecule has 26 heavy (non-hydrogen) atoms. The van der Waals surface area contributed by atoms with E-state index in [1.165, 1.54) is 0 Å². The zero-order valence-electron chi connectivity index (χ0n) is 15.5. The average Bonchev–Trinajstić information content (AvgIpc) is 2.57. The Hall–Kier alpha value is -2.39. The fourth-order valence-electron chi connectivity index (χ4n) is 1.84. The third-order valence-corrected chi connectivity index (χ3v) is 3.46. The quantitative estimate of drug-likeness (QED) is 0.400. The van der Waals surface area contributed by atoms with Crippen LogP contribution in [0.1, 0.15) is 27.7 Å². The Kier molecular flexibility index (Phi) is 8.27. The fourth-order valence-corrected chi connectivity index (χ4v) is 1.84. The second-order valence-corrected chi connectivity index (χ2v) is 6.89. The first-order valence-electron chi connectivity index (χ1n) is 8.33. The Balaban J connectivity index is 2.49. The van der Waals surface area contributed by atoms with Gasteiger partial charge in [0.15, 0.2) is 0 Å². The van der Waals surface area contributed by atoms with Gasteiger partial charge < -0.3 is 25.3 Å². The van der Waals surface area contributed by atoms with Crippen LogP contribution >= 0.6 is 0 Å². The molecule has 0 saturated carbocycles. The van der Waals surface area contributed by atoms with E-state index >= 15 is 0 Å². The molecule has 1 unspecified atom stereocenters. The summed E-state index contributed by atoms with van der Waals surface area (Å²) < 4.78 is 5.49. The molecule has 0 spiro atoms. The first-order valence-corrected chi connectivity index (χ1v) is 8.33. The second-order valence-electron chi connectivity index (χ2n) is 6.89. The lowest BCUT2D eigenvalue weighted by atomic mass is 9.93. The molecule has 0 bridgehead atoms. The van der Waals surface area contributed by atoms with E-state index < -0.39 is 22.5 Å². The molecule has 0 aliphatic carbocycles. The number of hydrogen-bond acceptors (Lipinski definition) is 7. The van der Waals surface area contributed by atoms with Crippen molar-refractivity contribution in [2.45, 2.75) is 39.8 Å². The number of hydrogen-bond donors (Lipinski definition) is 3. The van der Waals surface area contributed by atoms with Crippen molar-refractivity contribution >= 4 is 11.6 Å². The highest BCUT2D eigenvalue weighted by molar-refractivity contribution is 5.94. The van der Waals surface area contributed by atoms with Crippen LogP contribution in [0.15, 0.2) is 24.3 Å². The number of ether oxygens (including phenoxy) is 1. The minimum absolute atomic E-state index is 0.149. The van der Waals surface area contributed by atoms with Crippen LogP contribution in [0.25, 0.3) is 0 Å². The zero-order chi connectivity index (χ0) is 19.7. The number of nitrogens with zero attached hydrogens (tertiary/aromatic N) is 1. The molecular formula is C17H27N3O6. The third kappa shape index (κ3) is 8.13. The molecule has 3 N–H and O–H groups in total. The number of amides is 1. The van der Waals surface area contributed by atoms with Gasteiger partial charge in [-0.1, -0.05) is 13.8 Å². The summed E-state index contributed by atoms with van der Waals surface area (Å²) in [6.07, 6.45) is -0.626. The molecule has 0 aromatic heterocycles. The van der Waals surface area contributed by atoms with Gasteiger partial charge in [0.1, 0.15) is 25.1 Å². The lowest BCUT2D eigenvalue weighted by Crippen LogP contribution is -2.35. The van der Waals surface area contributed by atoms with Crippen LogP contribution < -0.4 is 15.4 Å². The van der Waals surface area contributed by atoms with Crippen LogP contribution in [0, 0.1) is 15.5 Å². The number of anilines is 1. The van der Waals surface area contributed by atoms with E-state index in [0.717, 1.165) is 0 Å². The Morgan fingerprint density at radius 3 is 2.46 bits per heavy atom. The van der Waals surface area contributed by atoms with E-state index in [-0.39, 0.29) is 19.3 Å². The van der Waals surface area contributed by atoms with E-state index in [9.17, 15) is 20.0 Å². The number of nitrogens with one attached hydrogen (secondary N) is 2. The topological polar surface area (TPSA) is 123 Å². The van der Waals surface area contributed by atoms with Gasteiger partial charge in [-0.3, -0.25) is 4.79 Å². The maximum Gasteiger partial charge on any atom is 0.294 e. The predicted octanol–water partition coefficient (Wildman–Crippen LogP) is 1.60. The van der Waals surface area contributed by atoms with Gasteiger partial charge in [-0.2, -0.15) is 0 Å². The first-order chi connectivity index (χ1) is 12.1. The standard InChI is InChI=1S/C17H27N3O6/c1-12(2)18-9-14(21)10-25-15-7-5-13(6-8-15)19-16(22)17(3,4)11-26-20(23)24/h5-8,12,14,18,21H,9-11H2,1-4H3,(H,19,22). The summed E-state index contributed by atoms with van der Waals surface area (Å²) in [5.74, 6) is 0.158. The van der Waals surface area contributed by atoms with Gasteiger partial charge in [0, 0.05) is 18.3 Å². The smallest absolute Gasteiger partial charge is 0.294 e. The number of rotatable bonds is 11. The van der Waals surface area contributed by atoms with Crippen molar-refractivity contribution < 1.29 is 24.6 Å². The molecule has 1 amide bonds. The molecule has 9 heteroatoms. The molecule has 1 atom stereocenters. The van der Waals surface area contributed by atoms with Crippen LogP contribution in [-0.4, -0.2) is 48.0 Å². The van der Waals surface area contributed by atoms with Crippen LogP contribution in [0.2, 0.25) is 0 Å². The molecule has 9 nitrogen and oxygen atoms in total. The molecule has 0 heterocycles. The highest BCUT2D eigenvalue weighted by Gasteiger charge is 2.29. The van der Waals surface area contributed by atoms with Crippen LogP contribution in [-0.2, 0) is 9.63 Å². The van der Waals surface area contributed by atoms with E-state index in [1.807, 2.05) is 13.8 Å². The minimum atomic E-state index is -1.06. The van der Waals surface area contributed by atoms with E-state index in [2.05, 4.69) is 15.5 Å². The lowest BCUT2D eigenvalue weighted by Gasteiger charge is -2.22. The number of aliphatic hydroxyl groups excluding tert-OH is 1. The van der Waals surface area contributed by atoms with Gasteiger partial charge in [0.25, 0.3) is 5.09 Å². The van der Waals surface area contributed by atoms with Gasteiger partial charge >= 0.3 is 0 Å². The molecule has 0 fully saturated rings. The van der Waals surface area contributed by atoms with Crippen molar-refractivity contribution in [1.29, 1.82) is 0 Å². The van der Waals surface area contributed by atoms with Crippen LogP contribution in [0.5, 0.6) is 5.75 Å². The van der Waals surface area contributed by atoms with Crippen LogP contribution in [0.3, 0.4) is 0 Å². The summed E-state index contributed by atoms with van der Waals surface area (Å²) in [5.41, 5.74) is -0.533. The van der Waals surface area contributed by atoms with Gasteiger partial charge in [0.2, 0.25) is 5.91 Å². The van der Waals surface area contributed by atoms with Crippen molar-refractivity contribution in [2.24, 2.45) is 5.41 Å². The molecule has 1 aromatic rings. The third-order valence-electron chi connectivity index (χ3n) is 3.46. The molecule has 0 aliphatic heterocycles. The van der Waals surface area contributed by atoms with Crippen molar-refractivity contribution in [3.63, 3.8) is 0 Å². The Morgan fingerprint density at radius 1 is 1.31 bits per heavy atom. The van der Waals surface area contributed by atoms with Crippen molar-refractivity contribution in [2.75, 3.05) is 25.1 Å². The number of carbonyl (C=O) groups excluding carboxylic acids is 1. The number of carbonyl (C=O) groups is 1. The SMILES string of the molecule is CC(C)NCC(O)COc1ccc(NC(=O)C(C)(C)CO[N+](=O)[O-])cc1. The highest BCUT2D eigenvalue weighted by Crippen LogP contribution is 2.21. The van der Waals surface area contributed by atoms with E-state index in [0.29, 0.717) is 18.0 Å². The summed E-state index contributed by atoms with van der Waals surface area (Å²) in [6, 6.07) is 6.91. The van der Waals surface area contributed by atoms with Crippen molar-refractivity contribution in [3.05, 3.63) is 34.4 Å². The Bertz CT molecular complexity index is 589. The second kappa shape index (κ2) is 9.93. The zero-order valence-corrected chi connectivity index (χ0v) is 15.5. The normalized spacial score (nSPS) is 12.5. The maximum absolute atomic E-state index is 12.2. The van der Waals surface area contributed by atoms with E-state index in [1.54, 1.807) is 38.1 Å². The Morgan fingerprint density at radius 2 is 1.92 bits per heavy atom. The molecule has 146 valence electrons. The summed E-state index contributed by atoms with van der Waals surface area (Å²) in [5, 5.41) is 24.9. The fraction of sp³-hybridized carbons (Fsp3) is 0.588. The Labute approximate surface area is 152 Å². The molecule has 0 aliphatic rings. The molecule has 1 aromatic carbocycles. The highest BCUT2D eigenvalue weighted by atomic mass is 16.9. The summed E-state index contributed by atoms with van der Waals surface area (Å²) in [7, 11) is 0. The number of aliphatic hydroxyl groups is 1. The minimum Gasteiger partial charge on any atom is -0.491 e. The van der Waals surface area contributed by atoms with Crippen LogP contribution in [0.4, 0.5) is 5.69 Å². The lowest BCUT2D eigenvalue weighted by molar-refractivity contribution is -0.760. The molecule has 1 rings (SSSR count). The molecular weight excluding hydrogens is 342 g/mol. The summed E-state index contributed by atoms with van der Waals surface area (Å²) in [4.78, 5) is 26.7. The van der Waals surface area contributed by atoms with Gasteiger partial charge in [-0.25, -0.2) is 0 Å². The molecule has 0 saturated heterocycles. The monoisotopic (exact) mass is 369 g/mol. The van der Waals surface area contributed by atoms with Gasteiger partial charge in [-0.05, 0) is 38.1 Å². The van der Waals surface area contributed by atoms with Gasteiger partial charge in [0.05, 0.1) is 5.41 Å². The van der Waals surface area contributed by atoms with Gasteiger partial charge in [-0.15, -0.1) is 10.1 Å². The van der Waals surface area contributed by atoms with E-state index in [4.69, 9.17) is 4.74 Å². The van der Waals surface area contributed by atoms with Crippen molar-refractivity contribution in [1.82, 2.24) is 5.32 Å². The maximum atomic E-state index is 12.2. The molecule has 0 radical (unpaired) electrons. The largest absolute Gasteiger partial charge is 0.491 e. The average molecular weight is 369 g/mol. The summed E-state index contributed by atoms with van der Waals surface area (Å²) in [6.45, 7) is 7.34. The van der Waals surface area contributed by atoms with Crippen molar-refractivity contribution in [3.8, 4) is 5.75 Å². The summed E-state index contributed by atoms with van der Waals surface area (Å²) >= 11 is 0. The first kappa shape index (κ1) is 21.7. The number of benzene rings is 1.